The summed E-state index contributed by atoms with van der Waals surface area (Å²) in [5.74, 6) is 7.47. The molecule has 0 radical (unpaired) electrons. The Morgan fingerprint density at radius 2 is 0.960 bits per heavy atom. The Balaban J connectivity index is 0.000000257. The van der Waals surface area contributed by atoms with Crippen LogP contribution in [0.3, 0.4) is 0 Å². The van der Waals surface area contributed by atoms with Crippen molar-refractivity contribution in [3.63, 3.8) is 0 Å². The maximum absolute atomic E-state index is 2.42. The van der Waals surface area contributed by atoms with Gasteiger partial charge in [-0.05, 0) is 91.3 Å². The second-order valence-electron chi connectivity index (χ2n) is 11.1. The van der Waals surface area contributed by atoms with Crippen LogP contribution in [0.1, 0.15) is 108 Å². The summed E-state index contributed by atoms with van der Waals surface area (Å²) in [7, 11) is 0. The first kappa shape index (κ1) is 23.0. The van der Waals surface area contributed by atoms with Crippen molar-refractivity contribution in [1.82, 2.24) is 0 Å². The molecule has 3 atom stereocenters. The normalized spacial score (nSPS) is 29.2. The molecule has 2 aliphatic carbocycles. The van der Waals surface area contributed by atoms with Crippen molar-refractivity contribution < 1.29 is 0 Å². The molecule has 0 aromatic heterocycles. The summed E-state index contributed by atoms with van der Waals surface area (Å²) in [4.78, 5) is 0. The van der Waals surface area contributed by atoms with E-state index in [1.807, 2.05) is 0 Å². The zero-order valence-electron chi connectivity index (χ0n) is 19.4. The highest BCUT2D eigenvalue weighted by atomic mass is 14.5. The zero-order valence-corrected chi connectivity index (χ0v) is 19.4. The number of rotatable bonds is 5. The molecule has 0 heteroatoms. The van der Waals surface area contributed by atoms with Gasteiger partial charge in [0.2, 0.25) is 0 Å². The Bertz CT molecular complexity index is 338. The van der Waals surface area contributed by atoms with E-state index in [9.17, 15) is 0 Å². The van der Waals surface area contributed by atoms with Gasteiger partial charge in [-0.3, -0.25) is 0 Å². The van der Waals surface area contributed by atoms with Crippen LogP contribution in [0.4, 0.5) is 0 Å². The summed E-state index contributed by atoms with van der Waals surface area (Å²) in [6.07, 6.45) is 8.87. The van der Waals surface area contributed by atoms with E-state index in [4.69, 9.17) is 0 Å². The second-order valence-corrected chi connectivity index (χ2v) is 11.1. The molecule has 150 valence electrons. The van der Waals surface area contributed by atoms with Gasteiger partial charge in [0, 0.05) is 0 Å². The molecule has 2 aliphatic rings. The summed E-state index contributed by atoms with van der Waals surface area (Å²) < 4.78 is 0. The van der Waals surface area contributed by atoms with Crippen molar-refractivity contribution in [1.29, 1.82) is 0 Å². The van der Waals surface area contributed by atoms with Crippen LogP contribution in [-0.2, 0) is 0 Å². The van der Waals surface area contributed by atoms with Crippen LogP contribution in [0.2, 0.25) is 0 Å². The first-order chi connectivity index (χ1) is 11.5. The van der Waals surface area contributed by atoms with E-state index in [2.05, 4.69) is 69.2 Å². The number of hydrogen-bond donors (Lipinski definition) is 0. The summed E-state index contributed by atoms with van der Waals surface area (Å²) in [6, 6.07) is 0. The van der Waals surface area contributed by atoms with Gasteiger partial charge in [0.25, 0.3) is 0 Å². The molecule has 2 fully saturated rings. The van der Waals surface area contributed by atoms with Gasteiger partial charge in [0.1, 0.15) is 0 Å². The van der Waals surface area contributed by atoms with E-state index in [1.54, 1.807) is 0 Å². The molecular weight excluding hydrogens is 300 g/mol. The summed E-state index contributed by atoms with van der Waals surface area (Å²) >= 11 is 0. The lowest BCUT2D eigenvalue weighted by Gasteiger charge is -2.38. The van der Waals surface area contributed by atoms with E-state index in [-0.39, 0.29) is 0 Å². The second kappa shape index (κ2) is 9.80. The molecule has 2 saturated carbocycles. The number of hydrogen-bond acceptors (Lipinski definition) is 0. The lowest BCUT2D eigenvalue weighted by Crippen LogP contribution is -2.30. The minimum Gasteiger partial charge on any atom is -0.0625 e. The first-order valence-electron chi connectivity index (χ1n) is 11.5. The molecule has 0 heterocycles. The highest BCUT2D eigenvalue weighted by Crippen LogP contribution is 2.53. The van der Waals surface area contributed by atoms with Gasteiger partial charge in [0.15, 0.2) is 0 Å². The van der Waals surface area contributed by atoms with Crippen molar-refractivity contribution >= 4 is 0 Å². The maximum Gasteiger partial charge on any atom is -0.0249 e. The first-order valence-corrected chi connectivity index (χ1v) is 11.5. The van der Waals surface area contributed by atoms with Crippen molar-refractivity contribution in [2.75, 3.05) is 0 Å². The van der Waals surface area contributed by atoms with E-state index in [1.165, 1.54) is 38.5 Å². The average Bonchev–Trinajstić information content (AvgIpc) is 3.16. The highest BCUT2D eigenvalue weighted by molar-refractivity contribution is 4.94. The van der Waals surface area contributed by atoms with Crippen LogP contribution in [0, 0.1) is 52.8 Å². The molecule has 0 saturated heterocycles. The lowest BCUT2D eigenvalue weighted by atomic mass is 9.67. The lowest BCUT2D eigenvalue weighted by molar-refractivity contribution is 0.110. The fourth-order valence-corrected chi connectivity index (χ4v) is 5.69. The van der Waals surface area contributed by atoms with Gasteiger partial charge in [-0.25, -0.2) is 0 Å². The molecule has 0 spiro atoms. The van der Waals surface area contributed by atoms with E-state index in [0.29, 0.717) is 5.41 Å². The van der Waals surface area contributed by atoms with E-state index in [0.717, 1.165) is 47.3 Å². The Labute approximate surface area is 160 Å². The molecule has 0 amide bonds. The fourth-order valence-electron chi connectivity index (χ4n) is 5.69. The van der Waals surface area contributed by atoms with Crippen LogP contribution < -0.4 is 0 Å². The van der Waals surface area contributed by atoms with Crippen molar-refractivity contribution in [3.8, 4) is 0 Å². The Hall–Kier alpha value is 0. The van der Waals surface area contributed by atoms with Crippen LogP contribution in [0.25, 0.3) is 0 Å². The predicted octanol–water partition coefficient (Wildman–Crippen LogP) is 8.46. The fraction of sp³-hybridized carbons (Fsp3) is 1.00. The Kier molecular flexibility index (Phi) is 9.03. The van der Waals surface area contributed by atoms with E-state index < -0.39 is 0 Å². The summed E-state index contributed by atoms with van der Waals surface area (Å²) in [5.41, 5.74) is 0.648. The molecule has 0 bridgehead atoms. The molecule has 0 aromatic carbocycles. The third kappa shape index (κ3) is 6.00. The van der Waals surface area contributed by atoms with Crippen LogP contribution in [-0.4, -0.2) is 0 Å². The van der Waals surface area contributed by atoms with Gasteiger partial charge in [-0.1, -0.05) is 69.2 Å². The summed E-state index contributed by atoms with van der Waals surface area (Å²) in [5, 5.41) is 0. The van der Waals surface area contributed by atoms with Gasteiger partial charge in [-0.2, -0.15) is 0 Å². The van der Waals surface area contributed by atoms with Crippen molar-refractivity contribution in [2.24, 2.45) is 52.8 Å². The molecule has 0 aliphatic heterocycles. The zero-order chi connectivity index (χ0) is 19.4. The maximum atomic E-state index is 2.42. The average molecular weight is 351 g/mol. The van der Waals surface area contributed by atoms with Gasteiger partial charge in [0.05, 0.1) is 0 Å². The molecule has 25 heavy (non-hydrogen) atoms. The molecule has 2 rings (SSSR count). The van der Waals surface area contributed by atoms with Gasteiger partial charge >= 0.3 is 0 Å². The third-order valence-corrected chi connectivity index (χ3v) is 8.26. The van der Waals surface area contributed by atoms with Crippen molar-refractivity contribution in [3.05, 3.63) is 0 Å². The Morgan fingerprint density at radius 3 is 1.16 bits per heavy atom. The minimum atomic E-state index is 0.648. The largest absolute Gasteiger partial charge is 0.0625 e. The van der Waals surface area contributed by atoms with Crippen LogP contribution >= 0.6 is 0 Å². The van der Waals surface area contributed by atoms with Crippen LogP contribution in [0.5, 0.6) is 0 Å². The standard InChI is InChI=1S/C14H28.C11H22/c1-10(2)13-7-8-14(9-13,11(3)4)12(5)6;1-8(2)10-5-6-11(7-10)9(3)4/h10-13H,7-9H2,1-6H3;8-11H,5-7H2,1-4H3/t13-;10-,11+/m1./s1. The quantitative estimate of drug-likeness (QED) is 0.466. The minimum absolute atomic E-state index is 0.648. The molecule has 0 N–H and O–H groups in total. The molecule has 0 unspecified atom stereocenters. The van der Waals surface area contributed by atoms with Crippen LogP contribution in [0.15, 0.2) is 0 Å². The summed E-state index contributed by atoms with van der Waals surface area (Å²) in [6.45, 7) is 23.9. The van der Waals surface area contributed by atoms with Gasteiger partial charge in [-0.15, -0.1) is 0 Å². The van der Waals surface area contributed by atoms with Crippen molar-refractivity contribution in [2.45, 2.75) is 108 Å². The SMILES string of the molecule is CC(C)[C@@H]1CCC(C(C)C)(C(C)C)C1.CC(C)[C@@H]1CC[C@H](C(C)C)C1. The molecule has 0 nitrogen and oxygen atoms in total. The molecule has 0 aromatic rings. The highest BCUT2D eigenvalue weighted by Gasteiger charge is 2.44. The topological polar surface area (TPSA) is 0 Å². The third-order valence-electron chi connectivity index (χ3n) is 8.26. The Morgan fingerprint density at radius 1 is 0.560 bits per heavy atom. The van der Waals surface area contributed by atoms with Gasteiger partial charge < -0.3 is 0 Å². The monoisotopic (exact) mass is 350 g/mol. The smallest absolute Gasteiger partial charge is 0.0249 e. The van der Waals surface area contributed by atoms with E-state index >= 15 is 0 Å². The predicted molar refractivity (Wildman–Crippen MR) is 115 cm³/mol. The molecular formula is C25H50.